The van der Waals surface area contributed by atoms with Gasteiger partial charge in [-0.15, -0.1) is 0 Å². The van der Waals surface area contributed by atoms with Crippen LogP contribution in [0.1, 0.15) is 25.3 Å². The number of amides is 1. The molecule has 7 heteroatoms. The number of benzene rings is 2. The fourth-order valence-electron chi connectivity index (χ4n) is 3.20. The molecule has 29 heavy (non-hydrogen) atoms. The minimum absolute atomic E-state index is 0.199. The summed E-state index contributed by atoms with van der Waals surface area (Å²) in [5.41, 5.74) is 4.11. The quantitative estimate of drug-likeness (QED) is 0.509. The number of nitrogens with one attached hydrogen (secondary N) is 1. The first-order valence-electron chi connectivity index (χ1n) is 9.58. The average molecular weight is 391 g/mol. The number of carbonyl (C=O) groups excluding carboxylic acids is 1. The second kappa shape index (κ2) is 8.18. The number of anilines is 1. The molecular weight excluding hydrogens is 370 g/mol. The summed E-state index contributed by atoms with van der Waals surface area (Å²) >= 11 is 0. The molecule has 0 aliphatic rings. The van der Waals surface area contributed by atoms with E-state index in [4.69, 9.17) is 8.94 Å². The molecule has 0 aliphatic carbocycles. The van der Waals surface area contributed by atoms with E-state index < -0.39 is 5.76 Å². The van der Waals surface area contributed by atoms with Crippen LogP contribution in [0.15, 0.2) is 68.3 Å². The van der Waals surface area contributed by atoms with Crippen LogP contribution in [-0.2, 0) is 17.8 Å². The predicted molar refractivity (Wildman–Crippen MR) is 110 cm³/mol. The number of aromatic nitrogens is 2. The van der Waals surface area contributed by atoms with Crippen LogP contribution in [0.4, 0.5) is 5.88 Å². The highest BCUT2D eigenvalue weighted by Gasteiger charge is 2.12. The van der Waals surface area contributed by atoms with Gasteiger partial charge in [-0.2, -0.15) is 0 Å². The molecule has 0 aliphatic heterocycles. The highest BCUT2D eigenvalue weighted by molar-refractivity contribution is 5.89. The van der Waals surface area contributed by atoms with Crippen LogP contribution in [0.2, 0.25) is 0 Å². The number of aryl methyl sites for hydroxylation is 2. The van der Waals surface area contributed by atoms with Crippen LogP contribution in [-0.4, -0.2) is 15.6 Å². The largest absolute Gasteiger partial charge is 0.419 e. The van der Waals surface area contributed by atoms with Gasteiger partial charge in [0.15, 0.2) is 5.58 Å². The average Bonchev–Trinajstić information content (AvgIpc) is 3.32. The van der Waals surface area contributed by atoms with Gasteiger partial charge in [0.25, 0.3) is 0 Å². The van der Waals surface area contributed by atoms with Gasteiger partial charge in [0, 0.05) is 24.6 Å². The molecule has 0 saturated heterocycles. The van der Waals surface area contributed by atoms with Crippen molar-refractivity contribution in [3.63, 3.8) is 0 Å². The second-order valence-electron chi connectivity index (χ2n) is 6.77. The molecule has 2 aromatic heterocycles. The minimum Gasteiger partial charge on any atom is -0.408 e. The molecule has 148 valence electrons. The molecule has 2 aromatic carbocycles. The molecule has 0 atom stereocenters. The van der Waals surface area contributed by atoms with Crippen molar-refractivity contribution in [2.75, 3.05) is 5.32 Å². The molecule has 4 rings (SSSR count). The zero-order valence-corrected chi connectivity index (χ0v) is 16.1. The third-order valence-electron chi connectivity index (χ3n) is 4.79. The van der Waals surface area contributed by atoms with Crippen LogP contribution in [0.3, 0.4) is 0 Å². The summed E-state index contributed by atoms with van der Waals surface area (Å²) in [7, 11) is 0. The van der Waals surface area contributed by atoms with Crippen LogP contribution >= 0.6 is 0 Å². The maximum atomic E-state index is 12.2. The summed E-state index contributed by atoms with van der Waals surface area (Å²) < 4.78 is 12.0. The number of rotatable bonds is 7. The highest BCUT2D eigenvalue weighted by Crippen LogP contribution is 2.22. The Morgan fingerprint density at radius 3 is 2.72 bits per heavy atom. The van der Waals surface area contributed by atoms with Crippen molar-refractivity contribution in [1.29, 1.82) is 0 Å². The molecule has 1 amide bonds. The molecule has 1 N–H and O–H groups in total. The molecule has 2 heterocycles. The molecule has 0 fully saturated rings. The van der Waals surface area contributed by atoms with E-state index >= 15 is 0 Å². The first kappa shape index (κ1) is 18.7. The predicted octanol–water partition coefficient (Wildman–Crippen LogP) is 4.23. The fraction of sp³-hybridized carbons (Fsp3) is 0.227. The maximum absolute atomic E-state index is 12.2. The summed E-state index contributed by atoms with van der Waals surface area (Å²) in [6.45, 7) is 2.50. The van der Waals surface area contributed by atoms with Gasteiger partial charge < -0.3 is 8.94 Å². The van der Waals surface area contributed by atoms with E-state index in [9.17, 15) is 9.59 Å². The molecule has 0 radical (unpaired) electrons. The van der Waals surface area contributed by atoms with Crippen molar-refractivity contribution in [3.05, 3.63) is 70.7 Å². The van der Waals surface area contributed by atoms with E-state index in [0.717, 1.165) is 17.5 Å². The van der Waals surface area contributed by atoms with Gasteiger partial charge in [0.1, 0.15) is 5.69 Å². The SMILES string of the molecule is CCc1ccc(-c2cc(NC(=O)CCCn3c(=O)oc4ccccc43)on2)cc1. The van der Waals surface area contributed by atoms with Gasteiger partial charge in [-0.1, -0.05) is 48.5 Å². The summed E-state index contributed by atoms with van der Waals surface area (Å²) in [5.74, 6) is -0.314. The van der Waals surface area contributed by atoms with Crippen molar-refractivity contribution in [1.82, 2.24) is 9.72 Å². The first-order chi connectivity index (χ1) is 14.1. The van der Waals surface area contributed by atoms with Gasteiger partial charge in [-0.05, 0) is 30.5 Å². The van der Waals surface area contributed by atoms with Gasteiger partial charge in [0.05, 0.1) is 5.52 Å². The molecule has 0 spiro atoms. The Morgan fingerprint density at radius 1 is 1.14 bits per heavy atom. The lowest BCUT2D eigenvalue weighted by Crippen LogP contribution is -2.16. The highest BCUT2D eigenvalue weighted by atomic mass is 16.5. The monoisotopic (exact) mass is 391 g/mol. The Bertz CT molecular complexity index is 1180. The van der Waals surface area contributed by atoms with Gasteiger partial charge >= 0.3 is 5.76 Å². The molecule has 4 aromatic rings. The van der Waals surface area contributed by atoms with Gasteiger partial charge in [0.2, 0.25) is 11.8 Å². The number of para-hydroxylation sites is 2. The van der Waals surface area contributed by atoms with Crippen molar-refractivity contribution >= 4 is 22.9 Å². The number of carbonyl (C=O) groups is 1. The number of oxazole rings is 1. The van der Waals surface area contributed by atoms with Crippen LogP contribution < -0.4 is 11.1 Å². The zero-order valence-electron chi connectivity index (χ0n) is 16.1. The molecule has 0 saturated carbocycles. The zero-order chi connectivity index (χ0) is 20.2. The standard InChI is InChI=1S/C22H21N3O4/c1-2-15-9-11-16(12-10-15)17-14-21(29-24-17)23-20(26)8-5-13-25-18-6-3-4-7-19(18)28-22(25)27/h3-4,6-7,9-12,14H,2,5,8,13H2,1H3,(H,23,26). The lowest BCUT2D eigenvalue weighted by Gasteiger charge is -2.02. The van der Waals surface area contributed by atoms with E-state index in [1.54, 1.807) is 12.1 Å². The first-order valence-corrected chi connectivity index (χ1v) is 9.58. The van der Waals surface area contributed by atoms with E-state index in [1.165, 1.54) is 10.1 Å². The number of hydrogen-bond donors (Lipinski definition) is 1. The fourth-order valence-corrected chi connectivity index (χ4v) is 3.20. The summed E-state index contributed by atoms with van der Waals surface area (Å²) in [4.78, 5) is 24.2. The Labute approximate surface area is 166 Å². The normalized spacial score (nSPS) is 11.1. The topological polar surface area (TPSA) is 90.3 Å². The van der Waals surface area contributed by atoms with Crippen molar-refractivity contribution in [2.45, 2.75) is 32.7 Å². The smallest absolute Gasteiger partial charge is 0.408 e. The van der Waals surface area contributed by atoms with Crippen molar-refractivity contribution in [3.8, 4) is 11.3 Å². The molecule has 0 bridgehead atoms. The van der Waals surface area contributed by atoms with E-state index in [-0.39, 0.29) is 12.3 Å². The summed E-state index contributed by atoms with van der Waals surface area (Å²) in [6, 6.07) is 17.0. The lowest BCUT2D eigenvalue weighted by molar-refractivity contribution is -0.116. The molecular formula is C22H21N3O4. The van der Waals surface area contributed by atoms with Gasteiger partial charge in [-0.3, -0.25) is 14.7 Å². The van der Waals surface area contributed by atoms with E-state index in [1.807, 2.05) is 42.5 Å². The molecule has 0 unspecified atom stereocenters. The molecule has 7 nitrogen and oxygen atoms in total. The van der Waals surface area contributed by atoms with E-state index in [2.05, 4.69) is 17.4 Å². The minimum atomic E-state index is -0.416. The third kappa shape index (κ3) is 4.13. The second-order valence-corrected chi connectivity index (χ2v) is 6.77. The number of hydrogen-bond acceptors (Lipinski definition) is 5. The number of fused-ring (bicyclic) bond motifs is 1. The van der Waals surface area contributed by atoms with Crippen LogP contribution in [0, 0.1) is 0 Å². The Balaban J connectivity index is 1.33. The van der Waals surface area contributed by atoms with Crippen LogP contribution in [0.25, 0.3) is 22.4 Å². The Morgan fingerprint density at radius 2 is 1.93 bits per heavy atom. The number of nitrogens with zero attached hydrogens (tertiary/aromatic N) is 2. The summed E-state index contributed by atoms with van der Waals surface area (Å²) in [6.07, 6.45) is 1.71. The van der Waals surface area contributed by atoms with Gasteiger partial charge in [-0.25, -0.2) is 4.79 Å². The summed E-state index contributed by atoms with van der Waals surface area (Å²) in [5, 5.41) is 6.72. The lowest BCUT2D eigenvalue weighted by atomic mass is 10.1. The maximum Gasteiger partial charge on any atom is 0.419 e. The Hall–Kier alpha value is -3.61. The third-order valence-corrected chi connectivity index (χ3v) is 4.79. The van der Waals surface area contributed by atoms with Crippen LogP contribution in [0.5, 0.6) is 0 Å². The van der Waals surface area contributed by atoms with Crippen molar-refractivity contribution < 1.29 is 13.7 Å². The Kier molecular flexibility index (Phi) is 5.29. The van der Waals surface area contributed by atoms with E-state index in [0.29, 0.717) is 30.1 Å². The van der Waals surface area contributed by atoms with Crippen molar-refractivity contribution in [2.24, 2.45) is 0 Å².